The summed E-state index contributed by atoms with van der Waals surface area (Å²) < 4.78 is 6.30. The average molecular weight is 375 g/mol. The van der Waals surface area contributed by atoms with Gasteiger partial charge in [0.05, 0.1) is 10.6 Å². The molecule has 0 bridgehead atoms. The fraction of sp³-hybridized carbons (Fsp3) is 0.429. The molecule has 7 heteroatoms. The lowest BCUT2D eigenvalue weighted by Crippen LogP contribution is -2.39. The quantitative estimate of drug-likeness (QED) is 0.526. The summed E-state index contributed by atoms with van der Waals surface area (Å²) in [7, 11) is 0. The molecule has 1 amide bonds. The number of carbonyl (C=O) groups is 1. The minimum absolute atomic E-state index is 0.0595. The summed E-state index contributed by atoms with van der Waals surface area (Å²) in [5, 5.41) is 14.3. The van der Waals surface area contributed by atoms with Gasteiger partial charge in [-0.25, -0.2) is 0 Å². The fourth-order valence-corrected chi connectivity index (χ4v) is 2.16. The van der Waals surface area contributed by atoms with Gasteiger partial charge in [-0.2, -0.15) is 0 Å². The number of carbonyl (C=O) groups excluding carboxylic acids is 1. The van der Waals surface area contributed by atoms with Crippen molar-refractivity contribution in [1.82, 2.24) is 10.6 Å². The maximum atomic E-state index is 12.0. The van der Waals surface area contributed by atoms with Gasteiger partial charge in [0.25, 0.3) is 5.91 Å². The Hall–Kier alpha value is -1.18. The van der Waals surface area contributed by atoms with Crippen molar-refractivity contribution >= 4 is 39.2 Å². The van der Waals surface area contributed by atoms with Gasteiger partial charge in [-0.1, -0.05) is 0 Å². The van der Waals surface area contributed by atoms with Crippen molar-refractivity contribution in [2.75, 3.05) is 13.2 Å². The van der Waals surface area contributed by atoms with Crippen LogP contribution in [-0.4, -0.2) is 35.4 Å². The molecule has 0 aliphatic rings. The largest absolute Gasteiger partial charge is 0.490 e. The Morgan fingerprint density at radius 2 is 2.19 bits per heavy atom. The number of amides is 1. The van der Waals surface area contributed by atoms with Crippen molar-refractivity contribution in [1.29, 1.82) is 0 Å². The molecule has 5 nitrogen and oxygen atoms in total. The lowest BCUT2D eigenvalue weighted by atomic mass is 10.2. The molecule has 116 valence electrons. The van der Waals surface area contributed by atoms with E-state index in [0.717, 1.165) is 0 Å². The molecular weight excluding hydrogens is 356 g/mol. The molecule has 3 N–H and O–H groups in total. The van der Waals surface area contributed by atoms with E-state index in [4.69, 9.17) is 22.1 Å². The molecule has 0 atom stereocenters. The average Bonchev–Trinajstić information content (AvgIpc) is 2.40. The number of nitrogens with one attached hydrogen (secondary N) is 2. The smallest absolute Gasteiger partial charge is 0.257 e. The van der Waals surface area contributed by atoms with Gasteiger partial charge in [0.15, 0.2) is 5.11 Å². The number of aliphatic hydroxyl groups excluding tert-OH is 1. The van der Waals surface area contributed by atoms with Crippen LogP contribution in [0.5, 0.6) is 5.75 Å². The Labute approximate surface area is 138 Å². The number of benzene rings is 1. The maximum Gasteiger partial charge on any atom is 0.257 e. The van der Waals surface area contributed by atoms with Gasteiger partial charge in [0.2, 0.25) is 0 Å². The van der Waals surface area contributed by atoms with Crippen molar-refractivity contribution in [2.24, 2.45) is 0 Å². The first-order valence-corrected chi connectivity index (χ1v) is 7.80. The second-order valence-electron chi connectivity index (χ2n) is 4.60. The molecule has 0 fully saturated rings. The van der Waals surface area contributed by atoms with Crippen LogP contribution in [0.15, 0.2) is 22.7 Å². The predicted molar refractivity (Wildman–Crippen MR) is 89.7 cm³/mol. The van der Waals surface area contributed by atoms with Crippen LogP contribution in [0.1, 0.15) is 30.6 Å². The Bertz CT molecular complexity index is 509. The summed E-state index contributed by atoms with van der Waals surface area (Å²) in [6.45, 7) is 4.46. The predicted octanol–water partition coefficient (Wildman–Crippen LogP) is 2.22. The molecule has 0 unspecified atom stereocenters. The summed E-state index contributed by atoms with van der Waals surface area (Å²) in [5.41, 5.74) is 0.476. The Kier molecular flexibility index (Phi) is 7.63. The monoisotopic (exact) mass is 374 g/mol. The van der Waals surface area contributed by atoms with E-state index in [9.17, 15) is 4.79 Å². The zero-order chi connectivity index (χ0) is 15.8. The molecule has 0 heterocycles. The van der Waals surface area contributed by atoms with Crippen molar-refractivity contribution in [3.63, 3.8) is 0 Å². The van der Waals surface area contributed by atoms with E-state index in [1.807, 2.05) is 13.8 Å². The van der Waals surface area contributed by atoms with Crippen LogP contribution in [-0.2, 0) is 0 Å². The lowest BCUT2D eigenvalue weighted by Gasteiger charge is -2.13. The van der Waals surface area contributed by atoms with Gasteiger partial charge in [-0.05, 0) is 66.6 Å². The van der Waals surface area contributed by atoms with E-state index in [1.54, 1.807) is 18.2 Å². The number of hydrogen-bond acceptors (Lipinski definition) is 4. The fourth-order valence-electron chi connectivity index (χ4n) is 1.49. The zero-order valence-corrected chi connectivity index (χ0v) is 14.4. The lowest BCUT2D eigenvalue weighted by molar-refractivity contribution is 0.0976. The second kappa shape index (κ2) is 8.96. The molecule has 0 spiro atoms. The standard InChI is InChI=1S/C14H19BrN2O3S/c1-9(2)20-12-5-4-10(8-11(12)15)13(19)17-14(21)16-6-3-7-18/h4-5,8-9,18H,3,6-7H2,1-2H3,(H2,16,17,19,21). The summed E-state index contributed by atoms with van der Waals surface area (Å²) in [6.07, 6.45) is 0.632. The molecule has 0 radical (unpaired) electrons. The van der Waals surface area contributed by atoms with E-state index < -0.39 is 0 Å². The SMILES string of the molecule is CC(C)Oc1ccc(C(=O)NC(=S)NCCCO)cc1Br. The van der Waals surface area contributed by atoms with Gasteiger partial charge in [-0.3, -0.25) is 10.1 Å². The molecule has 21 heavy (non-hydrogen) atoms. The van der Waals surface area contributed by atoms with Crippen LogP contribution < -0.4 is 15.4 Å². The van der Waals surface area contributed by atoms with Gasteiger partial charge < -0.3 is 15.2 Å². The van der Waals surface area contributed by atoms with Crippen LogP contribution >= 0.6 is 28.1 Å². The zero-order valence-electron chi connectivity index (χ0n) is 12.0. The third-order valence-corrected chi connectivity index (χ3v) is 3.27. The normalized spacial score (nSPS) is 10.3. The topological polar surface area (TPSA) is 70.6 Å². The number of halogens is 1. The highest BCUT2D eigenvalue weighted by atomic mass is 79.9. The molecule has 0 aliphatic heterocycles. The molecule has 0 saturated carbocycles. The molecule has 1 aromatic rings. The summed E-state index contributed by atoms with van der Waals surface area (Å²) in [5.74, 6) is 0.387. The minimum atomic E-state index is -0.298. The van der Waals surface area contributed by atoms with Crippen LogP contribution in [0.25, 0.3) is 0 Å². The molecular formula is C14H19BrN2O3S. The first-order chi connectivity index (χ1) is 9.93. The van der Waals surface area contributed by atoms with Gasteiger partial charge in [0, 0.05) is 18.7 Å². The van der Waals surface area contributed by atoms with Gasteiger partial charge in [-0.15, -0.1) is 0 Å². The number of rotatable bonds is 6. The molecule has 0 aromatic heterocycles. The first-order valence-electron chi connectivity index (χ1n) is 6.60. The number of ether oxygens (including phenoxy) is 1. The van der Waals surface area contributed by atoms with Crippen LogP contribution in [0.4, 0.5) is 0 Å². The van der Waals surface area contributed by atoms with Crippen molar-refractivity contribution in [3.8, 4) is 5.75 Å². The number of aliphatic hydroxyl groups is 1. The van der Waals surface area contributed by atoms with E-state index in [2.05, 4.69) is 26.6 Å². The Morgan fingerprint density at radius 1 is 1.48 bits per heavy atom. The molecule has 0 aliphatic carbocycles. The third-order valence-electron chi connectivity index (χ3n) is 2.40. The summed E-state index contributed by atoms with van der Waals surface area (Å²) in [6, 6.07) is 5.10. The Balaban J connectivity index is 2.62. The number of thiocarbonyl (C=S) groups is 1. The molecule has 0 saturated heterocycles. The second-order valence-corrected chi connectivity index (χ2v) is 5.86. The van der Waals surface area contributed by atoms with E-state index in [-0.39, 0.29) is 23.7 Å². The highest BCUT2D eigenvalue weighted by Gasteiger charge is 2.11. The van der Waals surface area contributed by atoms with Gasteiger partial charge in [0.1, 0.15) is 5.75 Å². The van der Waals surface area contributed by atoms with Crippen LogP contribution in [0, 0.1) is 0 Å². The number of hydrogen-bond donors (Lipinski definition) is 3. The summed E-state index contributed by atoms with van der Waals surface area (Å²) in [4.78, 5) is 12.0. The summed E-state index contributed by atoms with van der Waals surface area (Å²) >= 11 is 8.38. The van der Waals surface area contributed by atoms with Crippen LogP contribution in [0.2, 0.25) is 0 Å². The Morgan fingerprint density at radius 3 is 2.76 bits per heavy atom. The maximum absolute atomic E-state index is 12.0. The van der Waals surface area contributed by atoms with E-state index in [1.165, 1.54) is 0 Å². The van der Waals surface area contributed by atoms with Crippen molar-refractivity contribution in [3.05, 3.63) is 28.2 Å². The third kappa shape index (κ3) is 6.41. The highest BCUT2D eigenvalue weighted by molar-refractivity contribution is 9.10. The van der Waals surface area contributed by atoms with Crippen molar-refractivity contribution < 1.29 is 14.6 Å². The highest BCUT2D eigenvalue weighted by Crippen LogP contribution is 2.26. The van der Waals surface area contributed by atoms with E-state index in [0.29, 0.717) is 28.8 Å². The first kappa shape index (κ1) is 17.9. The minimum Gasteiger partial charge on any atom is -0.490 e. The molecule has 1 rings (SSSR count). The van der Waals surface area contributed by atoms with Crippen LogP contribution in [0.3, 0.4) is 0 Å². The van der Waals surface area contributed by atoms with Crippen molar-refractivity contribution in [2.45, 2.75) is 26.4 Å². The van der Waals surface area contributed by atoms with Gasteiger partial charge >= 0.3 is 0 Å². The van der Waals surface area contributed by atoms with E-state index >= 15 is 0 Å². The molecule has 1 aromatic carbocycles.